The predicted octanol–water partition coefficient (Wildman–Crippen LogP) is 0.777. The molecule has 0 saturated carbocycles. The Morgan fingerprint density at radius 3 is 3.00 bits per heavy atom. The number of nitrogens with two attached hydrogens (primary N) is 1. The Kier molecular flexibility index (Phi) is 2.74. The van der Waals surface area contributed by atoms with Crippen LogP contribution in [-0.4, -0.2) is 47.3 Å². The maximum atomic E-state index is 12.3. The fraction of sp³-hybridized carbons (Fsp3) is 0.500. The minimum absolute atomic E-state index is 0.00139. The van der Waals surface area contributed by atoms with Crippen LogP contribution in [0, 0.1) is 0 Å². The standard InChI is InChI=1S/C12H15N3O2S/c13-9-3-6-18-11(9)12(17)14-4-5-15-8(7-14)1-2-10(15)16/h3,6,8H,1-2,4-5,7,13H2. The monoisotopic (exact) mass is 265 g/mol. The van der Waals surface area contributed by atoms with Crippen LogP contribution in [0.5, 0.6) is 0 Å². The molecule has 18 heavy (non-hydrogen) atoms. The van der Waals surface area contributed by atoms with Crippen LogP contribution in [-0.2, 0) is 4.79 Å². The van der Waals surface area contributed by atoms with Gasteiger partial charge in [-0.15, -0.1) is 11.3 Å². The number of amides is 2. The molecule has 0 aromatic carbocycles. The number of thiophene rings is 1. The lowest BCUT2D eigenvalue weighted by atomic mass is 10.1. The molecule has 1 aromatic heterocycles. The van der Waals surface area contributed by atoms with Gasteiger partial charge < -0.3 is 15.5 Å². The van der Waals surface area contributed by atoms with Crippen molar-refractivity contribution >= 4 is 28.8 Å². The summed E-state index contributed by atoms with van der Waals surface area (Å²) in [5.41, 5.74) is 6.33. The van der Waals surface area contributed by atoms with Crippen molar-refractivity contribution in [2.45, 2.75) is 18.9 Å². The van der Waals surface area contributed by atoms with Gasteiger partial charge in [-0.3, -0.25) is 9.59 Å². The maximum absolute atomic E-state index is 12.3. The first-order valence-electron chi connectivity index (χ1n) is 6.08. The van der Waals surface area contributed by atoms with Gasteiger partial charge in [-0.2, -0.15) is 0 Å². The number of hydrogen-bond acceptors (Lipinski definition) is 4. The molecule has 3 rings (SSSR count). The van der Waals surface area contributed by atoms with E-state index in [1.807, 2.05) is 15.2 Å². The summed E-state index contributed by atoms with van der Waals surface area (Å²) in [6.45, 7) is 1.90. The fourth-order valence-electron chi connectivity index (χ4n) is 2.69. The Hall–Kier alpha value is -1.56. The van der Waals surface area contributed by atoms with Gasteiger partial charge in [0.15, 0.2) is 0 Å². The number of hydrogen-bond donors (Lipinski definition) is 1. The lowest BCUT2D eigenvalue weighted by molar-refractivity contribution is -0.130. The summed E-state index contributed by atoms with van der Waals surface area (Å²) in [7, 11) is 0. The van der Waals surface area contributed by atoms with Crippen LogP contribution < -0.4 is 5.73 Å². The largest absolute Gasteiger partial charge is 0.397 e. The number of rotatable bonds is 1. The fourth-order valence-corrected chi connectivity index (χ4v) is 3.47. The van der Waals surface area contributed by atoms with Crippen LogP contribution in [0.25, 0.3) is 0 Å². The number of piperazine rings is 1. The Labute approximate surface area is 109 Å². The van der Waals surface area contributed by atoms with E-state index < -0.39 is 0 Å². The van der Waals surface area contributed by atoms with Crippen LogP contribution in [0.3, 0.4) is 0 Å². The van der Waals surface area contributed by atoms with Gasteiger partial charge in [0.1, 0.15) is 4.88 Å². The highest BCUT2D eigenvalue weighted by Gasteiger charge is 2.37. The third kappa shape index (κ3) is 1.77. The molecule has 2 fully saturated rings. The normalized spacial score (nSPS) is 23.3. The van der Waals surface area contributed by atoms with Crippen LogP contribution in [0.2, 0.25) is 0 Å². The summed E-state index contributed by atoms with van der Waals surface area (Å²) in [6, 6.07) is 1.96. The van der Waals surface area contributed by atoms with Crippen molar-refractivity contribution in [1.82, 2.24) is 9.80 Å². The van der Waals surface area contributed by atoms with E-state index >= 15 is 0 Å². The van der Waals surface area contributed by atoms with Gasteiger partial charge in [-0.25, -0.2) is 0 Å². The molecule has 5 nitrogen and oxygen atoms in total. The first-order valence-corrected chi connectivity index (χ1v) is 6.96. The summed E-state index contributed by atoms with van der Waals surface area (Å²) in [4.78, 5) is 28.2. The topological polar surface area (TPSA) is 66.6 Å². The first kappa shape index (κ1) is 11.5. The summed E-state index contributed by atoms with van der Waals surface area (Å²) >= 11 is 1.38. The Bertz CT molecular complexity index is 499. The highest BCUT2D eigenvalue weighted by atomic mass is 32.1. The van der Waals surface area contributed by atoms with E-state index in [-0.39, 0.29) is 17.9 Å². The van der Waals surface area contributed by atoms with E-state index in [0.717, 1.165) is 6.42 Å². The molecule has 2 aliphatic heterocycles. The molecule has 2 N–H and O–H groups in total. The van der Waals surface area contributed by atoms with Gasteiger partial charge in [0, 0.05) is 32.1 Å². The average Bonchev–Trinajstić information content (AvgIpc) is 2.95. The van der Waals surface area contributed by atoms with Crippen LogP contribution >= 0.6 is 11.3 Å². The highest BCUT2D eigenvalue weighted by Crippen LogP contribution is 2.26. The number of carbonyl (C=O) groups is 2. The lowest BCUT2D eigenvalue weighted by Gasteiger charge is -2.37. The van der Waals surface area contributed by atoms with Gasteiger partial charge in [-0.05, 0) is 17.9 Å². The molecule has 1 unspecified atom stereocenters. The number of nitrogens with zero attached hydrogens (tertiary/aromatic N) is 2. The molecular formula is C12H15N3O2S. The third-order valence-electron chi connectivity index (χ3n) is 3.67. The zero-order valence-electron chi connectivity index (χ0n) is 9.96. The van der Waals surface area contributed by atoms with Gasteiger partial charge >= 0.3 is 0 Å². The zero-order valence-corrected chi connectivity index (χ0v) is 10.8. The average molecular weight is 265 g/mol. The number of nitrogen functional groups attached to an aromatic ring is 1. The molecule has 2 saturated heterocycles. The summed E-state index contributed by atoms with van der Waals surface area (Å²) < 4.78 is 0. The lowest BCUT2D eigenvalue weighted by Crippen LogP contribution is -2.53. The van der Waals surface area contributed by atoms with Crippen LogP contribution in [0.15, 0.2) is 11.4 Å². The number of carbonyl (C=O) groups excluding carboxylic acids is 2. The maximum Gasteiger partial charge on any atom is 0.266 e. The van der Waals surface area contributed by atoms with Crippen molar-refractivity contribution in [3.63, 3.8) is 0 Å². The molecule has 0 bridgehead atoms. The van der Waals surface area contributed by atoms with Crippen molar-refractivity contribution < 1.29 is 9.59 Å². The van der Waals surface area contributed by atoms with Crippen molar-refractivity contribution in [3.8, 4) is 0 Å². The number of anilines is 1. The van der Waals surface area contributed by atoms with Crippen LogP contribution in [0.4, 0.5) is 5.69 Å². The highest BCUT2D eigenvalue weighted by molar-refractivity contribution is 7.12. The molecule has 1 atom stereocenters. The molecule has 0 radical (unpaired) electrons. The second-order valence-electron chi connectivity index (χ2n) is 4.74. The zero-order chi connectivity index (χ0) is 12.7. The Morgan fingerprint density at radius 2 is 2.28 bits per heavy atom. The van der Waals surface area contributed by atoms with Crippen molar-refractivity contribution in [3.05, 3.63) is 16.3 Å². The second kappa shape index (κ2) is 4.28. The Balaban J connectivity index is 1.74. The molecule has 0 spiro atoms. The molecule has 1 aromatic rings. The van der Waals surface area contributed by atoms with Gasteiger partial charge in [0.05, 0.1) is 5.69 Å². The van der Waals surface area contributed by atoms with E-state index in [1.54, 1.807) is 6.07 Å². The summed E-state index contributed by atoms with van der Waals surface area (Å²) in [5, 5.41) is 1.83. The van der Waals surface area contributed by atoms with Crippen LogP contribution in [0.1, 0.15) is 22.5 Å². The third-order valence-corrected chi connectivity index (χ3v) is 4.59. The molecule has 3 heterocycles. The summed E-state index contributed by atoms with van der Waals surface area (Å²) in [6.07, 6.45) is 1.48. The van der Waals surface area contributed by atoms with Gasteiger partial charge in [0.25, 0.3) is 5.91 Å². The smallest absolute Gasteiger partial charge is 0.266 e. The summed E-state index contributed by atoms with van der Waals surface area (Å²) in [5.74, 6) is 0.226. The van der Waals surface area contributed by atoms with Gasteiger partial charge in [-0.1, -0.05) is 0 Å². The molecule has 2 aliphatic rings. The van der Waals surface area contributed by atoms with Crippen molar-refractivity contribution in [1.29, 1.82) is 0 Å². The quantitative estimate of drug-likeness (QED) is 0.816. The first-order chi connectivity index (χ1) is 8.66. The van der Waals surface area contributed by atoms with Gasteiger partial charge in [0.2, 0.25) is 5.91 Å². The molecular weight excluding hydrogens is 250 g/mol. The minimum atomic E-state index is 0.00139. The van der Waals surface area contributed by atoms with E-state index in [0.29, 0.717) is 36.6 Å². The van der Waals surface area contributed by atoms with Crippen molar-refractivity contribution in [2.75, 3.05) is 25.4 Å². The molecule has 0 aliphatic carbocycles. The van der Waals surface area contributed by atoms with E-state index in [1.165, 1.54) is 11.3 Å². The minimum Gasteiger partial charge on any atom is -0.397 e. The molecule has 96 valence electrons. The molecule has 2 amide bonds. The van der Waals surface area contributed by atoms with Crippen molar-refractivity contribution in [2.24, 2.45) is 0 Å². The predicted molar refractivity (Wildman–Crippen MR) is 69.4 cm³/mol. The number of fused-ring (bicyclic) bond motifs is 1. The Morgan fingerprint density at radius 1 is 1.44 bits per heavy atom. The van der Waals surface area contributed by atoms with E-state index in [2.05, 4.69) is 0 Å². The van der Waals surface area contributed by atoms with E-state index in [9.17, 15) is 9.59 Å². The SMILES string of the molecule is Nc1ccsc1C(=O)N1CCN2C(=O)CCC2C1. The molecule has 6 heteroatoms. The second-order valence-corrected chi connectivity index (χ2v) is 5.65. The van der Waals surface area contributed by atoms with E-state index in [4.69, 9.17) is 5.73 Å².